The number of rotatable bonds is 7. The number of anilines is 1. The Bertz CT molecular complexity index is 1010. The third-order valence-electron chi connectivity index (χ3n) is 6.51. The summed E-state index contributed by atoms with van der Waals surface area (Å²) in [5.74, 6) is 0.831. The van der Waals surface area contributed by atoms with E-state index >= 15 is 0 Å². The molecule has 0 aliphatic carbocycles. The smallest absolute Gasteiger partial charge is 0.225 e. The second kappa shape index (κ2) is 9.99. The molecular formula is C25H33N7O. The normalized spacial score (nSPS) is 22.5. The van der Waals surface area contributed by atoms with Gasteiger partial charge in [0.15, 0.2) is 0 Å². The van der Waals surface area contributed by atoms with E-state index in [0.717, 1.165) is 44.4 Å². The van der Waals surface area contributed by atoms with E-state index < -0.39 is 5.60 Å². The van der Waals surface area contributed by atoms with Crippen molar-refractivity contribution in [2.75, 3.05) is 44.2 Å². The summed E-state index contributed by atoms with van der Waals surface area (Å²) in [5.41, 5.74) is 1.35. The number of hydrogen-bond donors (Lipinski definition) is 1. The molecule has 5 rings (SSSR count). The van der Waals surface area contributed by atoms with E-state index in [9.17, 15) is 5.11 Å². The summed E-state index contributed by atoms with van der Waals surface area (Å²) < 4.78 is 1.83. The van der Waals surface area contributed by atoms with Gasteiger partial charge in [-0.15, -0.1) is 0 Å². The van der Waals surface area contributed by atoms with Gasteiger partial charge in [-0.2, -0.15) is 5.10 Å². The van der Waals surface area contributed by atoms with Gasteiger partial charge in [0.2, 0.25) is 5.95 Å². The first-order valence-electron chi connectivity index (χ1n) is 11.9. The number of β-amino-alcohol motifs (C(OH)–C–C–N with tert-alkyl or cyclic N) is 1. The first-order valence-corrected chi connectivity index (χ1v) is 11.9. The van der Waals surface area contributed by atoms with Crippen LogP contribution in [0.2, 0.25) is 0 Å². The van der Waals surface area contributed by atoms with Gasteiger partial charge in [0, 0.05) is 70.9 Å². The van der Waals surface area contributed by atoms with E-state index in [2.05, 4.69) is 49.0 Å². The SMILES string of the molecule is OC1(Cn2cccn2)CN(Cc2ccccc2)CCN(Cc2ccnc(N3CCCC3)n2)C1. The van der Waals surface area contributed by atoms with Crippen LogP contribution in [0.4, 0.5) is 5.95 Å². The maximum atomic E-state index is 11.8. The lowest BCUT2D eigenvalue weighted by molar-refractivity contribution is -0.0220. The first kappa shape index (κ1) is 22.0. The number of benzene rings is 1. The van der Waals surface area contributed by atoms with Gasteiger partial charge >= 0.3 is 0 Å². The lowest BCUT2D eigenvalue weighted by Gasteiger charge is -2.33. The number of aromatic nitrogens is 4. The Balaban J connectivity index is 1.32. The van der Waals surface area contributed by atoms with Gasteiger partial charge in [0.25, 0.3) is 0 Å². The van der Waals surface area contributed by atoms with Crippen molar-refractivity contribution in [3.8, 4) is 0 Å². The van der Waals surface area contributed by atoms with Crippen LogP contribution in [0.15, 0.2) is 61.1 Å². The Morgan fingerprint density at radius 2 is 1.61 bits per heavy atom. The van der Waals surface area contributed by atoms with Crippen molar-refractivity contribution in [1.29, 1.82) is 0 Å². The largest absolute Gasteiger partial charge is 0.385 e. The molecule has 0 spiro atoms. The Labute approximate surface area is 195 Å². The molecule has 1 atom stereocenters. The van der Waals surface area contributed by atoms with Gasteiger partial charge < -0.3 is 10.0 Å². The predicted molar refractivity (Wildman–Crippen MR) is 128 cm³/mol. The second-order valence-corrected chi connectivity index (χ2v) is 9.38. The standard InChI is InChI=1S/C25H33N7O/c33-25(21-32-14-6-10-27-32)19-29(17-22-7-2-1-3-8-22)15-16-30(20-25)18-23-9-11-26-24(28-23)31-12-4-5-13-31/h1-3,6-11,14,33H,4-5,12-13,15-21H2. The maximum Gasteiger partial charge on any atom is 0.225 e. The summed E-state index contributed by atoms with van der Waals surface area (Å²) in [6, 6.07) is 14.4. The highest BCUT2D eigenvalue weighted by molar-refractivity contribution is 5.31. The van der Waals surface area contributed by atoms with Crippen LogP contribution in [-0.4, -0.2) is 79.5 Å². The molecule has 2 aliphatic rings. The van der Waals surface area contributed by atoms with Crippen molar-refractivity contribution in [2.24, 2.45) is 0 Å². The highest BCUT2D eigenvalue weighted by Crippen LogP contribution is 2.21. The summed E-state index contributed by atoms with van der Waals surface area (Å²) in [6.45, 7) is 6.98. The molecule has 2 aromatic heterocycles. The average Bonchev–Trinajstić information content (AvgIpc) is 3.50. The number of hydrogen-bond acceptors (Lipinski definition) is 7. The highest BCUT2D eigenvalue weighted by Gasteiger charge is 2.36. The minimum Gasteiger partial charge on any atom is -0.385 e. The predicted octanol–water partition coefficient (Wildman–Crippen LogP) is 2.02. The molecule has 0 bridgehead atoms. The lowest BCUT2D eigenvalue weighted by Crippen LogP contribution is -2.49. The molecule has 33 heavy (non-hydrogen) atoms. The summed E-state index contributed by atoms with van der Waals surface area (Å²) in [5, 5.41) is 16.1. The zero-order chi connectivity index (χ0) is 22.5. The molecule has 2 aliphatic heterocycles. The van der Waals surface area contributed by atoms with Gasteiger partial charge in [-0.05, 0) is 30.5 Å². The second-order valence-electron chi connectivity index (χ2n) is 9.38. The molecule has 3 aromatic rings. The Kier molecular flexibility index (Phi) is 6.66. The monoisotopic (exact) mass is 447 g/mol. The van der Waals surface area contributed by atoms with Crippen LogP contribution in [0.25, 0.3) is 0 Å². The van der Waals surface area contributed by atoms with Crippen LogP contribution in [0.5, 0.6) is 0 Å². The third kappa shape index (κ3) is 5.76. The van der Waals surface area contributed by atoms with Crippen LogP contribution < -0.4 is 4.90 Å². The van der Waals surface area contributed by atoms with Crippen molar-refractivity contribution in [3.63, 3.8) is 0 Å². The summed E-state index contributed by atoms with van der Waals surface area (Å²) >= 11 is 0. The van der Waals surface area contributed by atoms with Crippen molar-refractivity contribution >= 4 is 5.95 Å². The van der Waals surface area contributed by atoms with Crippen molar-refractivity contribution < 1.29 is 5.11 Å². The molecule has 1 unspecified atom stereocenters. The van der Waals surface area contributed by atoms with E-state index in [-0.39, 0.29) is 0 Å². The molecule has 4 heterocycles. The molecule has 0 saturated carbocycles. The minimum atomic E-state index is -0.915. The topological polar surface area (TPSA) is 73.6 Å². The van der Waals surface area contributed by atoms with Gasteiger partial charge in [0.05, 0.1) is 12.2 Å². The molecule has 1 N–H and O–H groups in total. The molecule has 0 amide bonds. The van der Waals surface area contributed by atoms with Crippen LogP contribution in [0.1, 0.15) is 24.1 Å². The van der Waals surface area contributed by atoms with Gasteiger partial charge in [-0.1, -0.05) is 30.3 Å². The van der Waals surface area contributed by atoms with Crippen LogP contribution in [0.3, 0.4) is 0 Å². The quantitative estimate of drug-likeness (QED) is 0.594. The zero-order valence-corrected chi connectivity index (χ0v) is 19.1. The molecule has 8 heteroatoms. The molecule has 1 aromatic carbocycles. The van der Waals surface area contributed by atoms with Gasteiger partial charge in [-0.3, -0.25) is 14.5 Å². The van der Waals surface area contributed by atoms with E-state index in [1.54, 1.807) is 6.20 Å². The Morgan fingerprint density at radius 1 is 0.848 bits per heavy atom. The van der Waals surface area contributed by atoms with Gasteiger partial charge in [0.1, 0.15) is 5.60 Å². The fraction of sp³-hybridized carbons (Fsp3) is 0.480. The fourth-order valence-electron chi connectivity index (χ4n) is 5.00. The van der Waals surface area contributed by atoms with Crippen molar-refractivity contribution in [2.45, 2.75) is 38.1 Å². The molecule has 2 saturated heterocycles. The first-order chi connectivity index (χ1) is 16.2. The summed E-state index contributed by atoms with van der Waals surface area (Å²) in [7, 11) is 0. The average molecular weight is 448 g/mol. The molecule has 0 radical (unpaired) electrons. The van der Waals surface area contributed by atoms with Crippen molar-refractivity contribution in [1.82, 2.24) is 29.5 Å². The highest BCUT2D eigenvalue weighted by atomic mass is 16.3. The van der Waals surface area contributed by atoms with E-state index in [1.165, 1.54) is 18.4 Å². The summed E-state index contributed by atoms with van der Waals surface area (Å²) in [6.07, 6.45) is 7.96. The van der Waals surface area contributed by atoms with E-state index in [1.807, 2.05) is 35.3 Å². The van der Waals surface area contributed by atoms with Gasteiger partial charge in [-0.25, -0.2) is 9.97 Å². The zero-order valence-electron chi connectivity index (χ0n) is 19.1. The molecule has 8 nitrogen and oxygen atoms in total. The Hall–Kier alpha value is -2.81. The van der Waals surface area contributed by atoms with Crippen LogP contribution >= 0.6 is 0 Å². The van der Waals surface area contributed by atoms with Crippen molar-refractivity contribution in [3.05, 3.63) is 72.3 Å². The third-order valence-corrected chi connectivity index (χ3v) is 6.51. The molecular weight excluding hydrogens is 414 g/mol. The van der Waals surface area contributed by atoms with E-state index in [0.29, 0.717) is 26.2 Å². The number of aliphatic hydroxyl groups is 1. The lowest BCUT2D eigenvalue weighted by atomic mass is 10.0. The summed E-state index contributed by atoms with van der Waals surface area (Å²) in [4.78, 5) is 16.3. The maximum absolute atomic E-state index is 11.8. The van der Waals surface area contributed by atoms with E-state index in [4.69, 9.17) is 4.98 Å². The number of nitrogens with zero attached hydrogens (tertiary/aromatic N) is 7. The van der Waals surface area contributed by atoms with Crippen LogP contribution in [-0.2, 0) is 19.6 Å². The molecule has 2 fully saturated rings. The Morgan fingerprint density at radius 3 is 2.33 bits per heavy atom. The fourth-order valence-corrected chi connectivity index (χ4v) is 5.00. The molecule has 174 valence electrons. The minimum absolute atomic E-state index is 0.463. The van der Waals surface area contributed by atoms with Crippen LogP contribution in [0, 0.1) is 0 Å².